The van der Waals surface area contributed by atoms with Crippen molar-refractivity contribution in [1.29, 1.82) is 0 Å². The molecule has 1 heterocycles. The molecule has 6 heteroatoms. The minimum atomic E-state index is -1.01. The third-order valence-electron chi connectivity index (χ3n) is 3.56. The van der Waals surface area contributed by atoms with Gasteiger partial charge >= 0.3 is 12.0 Å². The maximum Gasteiger partial charge on any atom is 0.335 e. The molecule has 2 amide bonds. The number of anilines is 1. The molecule has 20 heavy (non-hydrogen) atoms. The number of carboxylic acids is 1. The van der Waals surface area contributed by atoms with Crippen molar-refractivity contribution in [2.24, 2.45) is 0 Å². The van der Waals surface area contributed by atoms with Gasteiger partial charge in [0.1, 0.15) is 0 Å². The lowest BCUT2D eigenvalue weighted by molar-refractivity contribution is 0.0697. The number of hydrogen-bond donors (Lipinski definition) is 2. The van der Waals surface area contributed by atoms with E-state index in [-0.39, 0.29) is 17.6 Å². The van der Waals surface area contributed by atoms with Gasteiger partial charge in [-0.25, -0.2) is 9.59 Å². The van der Waals surface area contributed by atoms with E-state index in [1.165, 1.54) is 12.1 Å². The number of hydrogen-bond acceptors (Lipinski definition) is 2. The zero-order valence-corrected chi connectivity index (χ0v) is 12.8. The van der Waals surface area contributed by atoms with E-state index in [1.807, 2.05) is 4.90 Å². The van der Waals surface area contributed by atoms with Gasteiger partial charge in [0.2, 0.25) is 0 Å². The first-order valence-corrected chi connectivity index (χ1v) is 7.42. The van der Waals surface area contributed by atoms with Crippen LogP contribution in [0.15, 0.2) is 22.7 Å². The highest BCUT2D eigenvalue weighted by Gasteiger charge is 2.27. The number of benzene rings is 1. The van der Waals surface area contributed by atoms with Gasteiger partial charge in [-0.15, -0.1) is 0 Å². The van der Waals surface area contributed by atoms with Crippen molar-refractivity contribution in [1.82, 2.24) is 4.90 Å². The van der Waals surface area contributed by atoms with Gasteiger partial charge in [-0.05, 0) is 53.4 Å². The fourth-order valence-electron chi connectivity index (χ4n) is 2.47. The molecular formula is C14H17BrN2O3. The number of rotatable bonds is 3. The Bertz CT molecular complexity index is 533. The minimum Gasteiger partial charge on any atom is -0.478 e. The number of nitrogens with one attached hydrogen (secondary N) is 1. The quantitative estimate of drug-likeness (QED) is 0.883. The Morgan fingerprint density at radius 3 is 2.90 bits per heavy atom. The summed E-state index contributed by atoms with van der Waals surface area (Å²) < 4.78 is 0.670. The average Bonchev–Trinajstić information content (AvgIpc) is 2.89. The molecule has 1 aliphatic heterocycles. The van der Waals surface area contributed by atoms with Crippen molar-refractivity contribution in [3.8, 4) is 0 Å². The van der Waals surface area contributed by atoms with Crippen LogP contribution in [0.4, 0.5) is 10.5 Å². The first-order valence-electron chi connectivity index (χ1n) is 6.63. The molecule has 2 rings (SSSR count). The van der Waals surface area contributed by atoms with Crippen molar-refractivity contribution in [3.63, 3.8) is 0 Å². The Morgan fingerprint density at radius 2 is 2.25 bits per heavy atom. The number of urea groups is 1. The lowest BCUT2D eigenvalue weighted by atomic mass is 10.2. The van der Waals surface area contributed by atoms with Crippen LogP contribution in [-0.4, -0.2) is 34.6 Å². The summed E-state index contributed by atoms with van der Waals surface area (Å²) >= 11 is 3.32. The molecule has 0 bridgehead atoms. The fourth-order valence-corrected chi connectivity index (χ4v) is 2.81. The molecule has 1 fully saturated rings. The standard InChI is InChI=1S/C14H17BrN2O3/c1-2-10-4-3-7-17(10)14(20)16-12-8-9(13(18)19)5-6-11(12)15/h5-6,8,10H,2-4,7H2,1H3,(H,16,20)(H,18,19). The second kappa shape index (κ2) is 6.26. The molecule has 1 saturated heterocycles. The summed E-state index contributed by atoms with van der Waals surface area (Å²) in [5.74, 6) is -1.01. The Hall–Kier alpha value is -1.56. The van der Waals surface area contributed by atoms with Crippen molar-refractivity contribution in [3.05, 3.63) is 28.2 Å². The first-order chi connectivity index (χ1) is 9.52. The van der Waals surface area contributed by atoms with Gasteiger partial charge < -0.3 is 15.3 Å². The summed E-state index contributed by atoms with van der Waals surface area (Å²) in [4.78, 5) is 25.0. The SMILES string of the molecule is CCC1CCCN1C(=O)Nc1cc(C(=O)O)ccc1Br. The molecule has 1 aromatic carbocycles. The second-order valence-electron chi connectivity index (χ2n) is 4.83. The number of carboxylic acid groups (broad SMARTS) is 1. The van der Waals surface area contributed by atoms with Gasteiger partial charge in [0, 0.05) is 17.1 Å². The number of halogens is 1. The molecule has 1 aliphatic rings. The van der Waals surface area contributed by atoms with E-state index < -0.39 is 5.97 Å². The molecular weight excluding hydrogens is 324 g/mol. The van der Waals surface area contributed by atoms with E-state index in [4.69, 9.17) is 5.11 Å². The Kier molecular flexibility index (Phi) is 4.65. The smallest absolute Gasteiger partial charge is 0.335 e. The molecule has 1 aromatic rings. The largest absolute Gasteiger partial charge is 0.478 e. The van der Waals surface area contributed by atoms with Crippen LogP contribution in [0.1, 0.15) is 36.5 Å². The van der Waals surface area contributed by atoms with E-state index in [9.17, 15) is 9.59 Å². The summed E-state index contributed by atoms with van der Waals surface area (Å²) in [5.41, 5.74) is 0.633. The van der Waals surface area contributed by atoms with Crippen molar-refractivity contribution in [2.45, 2.75) is 32.2 Å². The van der Waals surface area contributed by atoms with E-state index in [0.717, 1.165) is 25.8 Å². The third-order valence-corrected chi connectivity index (χ3v) is 4.26. The highest BCUT2D eigenvalue weighted by Crippen LogP contribution is 2.26. The number of likely N-dealkylation sites (tertiary alicyclic amines) is 1. The van der Waals surface area contributed by atoms with Crippen LogP contribution in [0.2, 0.25) is 0 Å². The summed E-state index contributed by atoms with van der Waals surface area (Å²) in [6.07, 6.45) is 2.98. The zero-order valence-electron chi connectivity index (χ0n) is 11.2. The van der Waals surface area contributed by atoms with Crippen molar-refractivity contribution in [2.75, 3.05) is 11.9 Å². The normalized spacial score (nSPS) is 18.1. The number of nitrogens with zero attached hydrogens (tertiary/aromatic N) is 1. The molecule has 1 atom stereocenters. The minimum absolute atomic E-state index is 0.150. The number of amides is 2. The number of carbonyl (C=O) groups is 2. The van der Waals surface area contributed by atoms with Crippen LogP contribution < -0.4 is 5.32 Å². The summed E-state index contributed by atoms with van der Waals surface area (Å²) in [6.45, 7) is 2.82. The lowest BCUT2D eigenvalue weighted by Crippen LogP contribution is -2.38. The fraction of sp³-hybridized carbons (Fsp3) is 0.429. The highest BCUT2D eigenvalue weighted by atomic mass is 79.9. The van der Waals surface area contributed by atoms with E-state index in [1.54, 1.807) is 6.07 Å². The summed E-state index contributed by atoms with van der Waals surface area (Å²) in [5, 5.41) is 11.8. The van der Waals surface area contributed by atoms with Crippen molar-refractivity contribution >= 4 is 33.6 Å². The van der Waals surface area contributed by atoms with Gasteiger partial charge in [0.15, 0.2) is 0 Å². The monoisotopic (exact) mass is 340 g/mol. The van der Waals surface area contributed by atoms with Crippen LogP contribution >= 0.6 is 15.9 Å². The predicted octanol–water partition coefficient (Wildman–Crippen LogP) is 3.55. The predicted molar refractivity (Wildman–Crippen MR) is 80.1 cm³/mol. The Morgan fingerprint density at radius 1 is 1.50 bits per heavy atom. The number of carbonyl (C=O) groups excluding carboxylic acids is 1. The molecule has 0 radical (unpaired) electrons. The maximum absolute atomic E-state index is 12.3. The maximum atomic E-state index is 12.3. The van der Waals surface area contributed by atoms with Gasteiger partial charge in [-0.1, -0.05) is 6.92 Å². The Labute approximate surface area is 126 Å². The highest BCUT2D eigenvalue weighted by molar-refractivity contribution is 9.10. The number of aromatic carboxylic acids is 1. The summed E-state index contributed by atoms with van der Waals surface area (Å²) in [7, 11) is 0. The third kappa shape index (κ3) is 3.12. The average molecular weight is 341 g/mol. The van der Waals surface area contributed by atoms with Crippen LogP contribution in [0.3, 0.4) is 0 Å². The molecule has 0 saturated carbocycles. The van der Waals surface area contributed by atoms with Gasteiger partial charge in [0.25, 0.3) is 0 Å². The zero-order chi connectivity index (χ0) is 14.7. The lowest BCUT2D eigenvalue weighted by Gasteiger charge is -2.24. The second-order valence-corrected chi connectivity index (χ2v) is 5.68. The van der Waals surface area contributed by atoms with E-state index in [0.29, 0.717) is 10.2 Å². The first kappa shape index (κ1) is 14.8. The van der Waals surface area contributed by atoms with Gasteiger partial charge in [-0.3, -0.25) is 0 Å². The van der Waals surface area contributed by atoms with Crippen LogP contribution in [0.5, 0.6) is 0 Å². The molecule has 0 spiro atoms. The molecule has 2 N–H and O–H groups in total. The Balaban J connectivity index is 2.15. The topological polar surface area (TPSA) is 69.6 Å². The molecule has 1 unspecified atom stereocenters. The van der Waals surface area contributed by atoms with Crippen LogP contribution in [0, 0.1) is 0 Å². The van der Waals surface area contributed by atoms with E-state index >= 15 is 0 Å². The van der Waals surface area contributed by atoms with Crippen molar-refractivity contribution < 1.29 is 14.7 Å². The molecule has 108 valence electrons. The van der Waals surface area contributed by atoms with E-state index in [2.05, 4.69) is 28.2 Å². The van der Waals surface area contributed by atoms with Crippen LogP contribution in [0.25, 0.3) is 0 Å². The molecule has 0 aliphatic carbocycles. The molecule has 0 aromatic heterocycles. The van der Waals surface area contributed by atoms with Gasteiger partial charge in [-0.2, -0.15) is 0 Å². The summed E-state index contributed by atoms with van der Waals surface area (Å²) in [6, 6.07) is 4.68. The molecule has 5 nitrogen and oxygen atoms in total. The van der Waals surface area contributed by atoms with Crippen LogP contribution in [-0.2, 0) is 0 Å². The van der Waals surface area contributed by atoms with Gasteiger partial charge in [0.05, 0.1) is 11.3 Å².